The fourth-order valence-electron chi connectivity index (χ4n) is 2.58. The van der Waals surface area contributed by atoms with Crippen LogP contribution in [-0.2, 0) is 0 Å². The molecule has 2 aliphatic carbocycles. The fraction of sp³-hybridized carbons (Fsp3) is 0.600. The first-order valence-corrected chi connectivity index (χ1v) is 5.85. The van der Waals surface area contributed by atoms with Gasteiger partial charge >= 0.3 is 0 Å². The second kappa shape index (κ2) is 2.87. The molecule has 1 fully saturated rings. The number of hydrogen-bond donors (Lipinski definition) is 1. The second-order valence-corrected chi connectivity index (χ2v) is 4.96. The van der Waals surface area contributed by atoms with Gasteiger partial charge in [-0.1, -0.05) is 6.08 Å². The van der Waals surface area contributed by atoms with E-state index >= 15 is 0 Å². The Labute approximate surface area is 82.3 Å². The van der Waals surface area contributed by atoms with E-state index in [4.69, 9.17) is 0 Å². The van der Waals surface area contributed by atoms with Crippen LogP contribution in [0, 0.1) is 5.92 Å². The van der Waals surface area contributed by atoms with Gasteiger partial charge in [-0.05, 0) is 30.9 Å². The van der Waals surface area contributed by atoms with Gasteiger partial charge in [0, 0.05) is 10.8 Å². The maximum absolute atomic E-state index is 9.68. The number of thioether (sulfide) groups is 1. The Morgan fingerprint density at radius 2 is 2.46 bits per heavy atom. The highest BCUT2D eigenvalue weighted by atomic mass is 32.2. The molecule has 3 aliphatic rings. The van der Waals surface area contributed by atoms with E-state index in [9.17, 15) is 5.21 Å². The highest BCUT2D eigenvalue weighted by Crippen LogP contribution is 2.47. The van der Waals surface area contributed by atoms with Crippen molar-refractivity contribution in [2.75, 3.05) is 5.88 Å². The molecule has 13 heavy (non-hydrogen) atoms. The number of nitrogens with zero attached hydrogens (tertiary/aromatic N) is 1. The van der Waals surface area contributed by atoms with Gasteiger partial charge < -0.3 is 5.21 Å². The molecule has 1 aliphatic heterocycles. The van der Waals surface area contributed by atoms with Crippen LogP contribution in [0.15, 0.2) is 22.6 Å². The molecular formula is C10H13NOS. The first-order chi connectivity index (χ1) is 6.36. The molecule has 0 aromatic heterocycles. The lowest BCUT2D eigenvalue weighted by Gasteiger charge is -2.26. The maximum Gasteiger partial charge on any atom is 0.0746 e. The van der Waals surface area contributed by atoms with Crippen molar-refractivity contribution < 1.29 is 5.21 Å². The summed E-state index contributed by atoms with van der Waals surface area (Å²) >= 11 is 1.78. The number of rotatable bonds is 0. The van der Waals surface area contributed by atoms with Gasteiger partial charge in [0.05, 0.1) is 11.9 Å². The van der Waals surface area contributed by atoms with Crippen LogP contribution in [0.25, 0.3) is 0 Å². The highest BCUT2D eigenvalue weighted by molar-refractivity contribution is 8.03. The molecule has 1 heterocycles. The normalized spacial score (nSPS) is 38.2. The molecule has 70 valence electrons. The number of hydrogen-bond acceptors (Lipinski definition) is 3. The van der Waals surface area contributed by atoms with E-state index in [0.29, 0.717) is 12.0 Å². The Morgan fingerprint density at radius 1 is 1.54 bits per heavy atom. The Bertz CT molecular complexity index is 297. The van der Waals surface area contributed by atoms with Crippen LogP contribution >= 0.6 is 11.8 Å². The molecule has 0 saturated carbocycles. The van der Waals surface area contributed by atoms with E-state index in [0.717, 1.165) is 5.88 Å². The van der Waals surface area contributed by atoms with Gasteiger partial charge in [-0.25, -0.2) is 0 Å². The van der Waals surface area contributed by atoms with Gasteiger partial charge in [0.25, 0.3) is 0 Å². The monoisotopic (exact) mass is 195 g/mol. The zero-order chi connectivity index (χ0) is 8.84. The van der Waals surface area contributed by atoms with Crippen molar-refractivity contribution in [1.82, 2.24) is 5.06 Å². The van der Waals surface area contributed by atoms with Crippen LogP contribution in [0.1, 0.15) is 19.3 Å². The molecule has 0 aromatic rings. The molecule has 0 spiro atoms. The van der Waals surface area contributed by atoms with Crippen LogP contribution < -0.4 is 0 Å². The third kappa shape index (κ3) is 1.11. The van der Waals surface area contributed by atoms with E-state index in [2.05, 4.69) is 12.2 Å². The molecule has 0 radical (unpaired) electrons. The lowest BCUT2D eigenvalue weighted by atomic mass is 9.87. The lowest BCUT2D eigenvalue weighted by Crippen LogP contribution is -2.32. The molecular weight excluding hydrogens is 182 g/mol. The largest absolute Gasteiger partial charge is 0.313 e. The summed E-state index contributed by atoms with van der Waals surface area (Å²) < 4.78 is 0. The van der Waals surface area contributed by atoms with Crippen LogP contribution in [0.2, 0.25) is 0 Å². The average Bonchev–Trinajstić information content (AvgIpc) is 2.66. The number of fused-ring (bicyclic) bond motifs is 3. The van der Waals surface area contributed by atoms with Crippen LogP contribution in [0.3, 0.4) is 0 Å². The zero-order valence-electron chi connectivity index (χ0n) is 7.44. The molecule has 3 rings (SSSR count). The molecule has 2 unspecified atom stereocenters. The van der Waals surface area contributed by atoms with E-state index in [1.807, 2.05) is 0 Å². The van der Waals surface area contributed by atoms with E-state index in [1.54, 1.807) is 11.8 Å². The highest BCUT2D eigenvalue weighted by Gasteiger charge is 2.41. The number of hydroxylamine groups is 2. The minimum absolute atomic E-state index is 0.302. The summed E-state index contributed by atoms with van der Waals surface area (Å²) in [6.07, 6.45) is 8.38. The predicted octanol–water partition coefficient (Wildman–Crippen LogP) is 2.37. The standard InChI is InChI=1S/C10H13NOS/c12-11-6-13-9-5-7-3-1-2-4-8(7)10(9)11/h3,5,8,10,12H,1-2,4,6H2. The van der Waals surface area contributed by atoms with Crippen molar-refractivity contribution in [3.8, 4) is 0 Å². The summed E-state index contributed by atoms with van der Waals surface area (Å²) in [4.78, 5) is 1.38. The van der Waals surface area contributed by atoms with Gasteiger partial charge in [0.1, 0.15) is 0 Å². The molecule has 2 nitrogen and oxygen atoms in total. The average molecular weight is 195 g/mol. The summed E-state index contributed by atoms with van der Waals surface area (Å²) in [5, 5.41) is 11.2. The van der Waals surface area contributed by atoms with E-state index in [1.165, 1.54) is 34.8 Å². The Hall–Kier alpha value is -0.250. The molecule has 2 atom stereocenters. The maximum atomic E-state index is 9.68. The number of allylic oxidation sites excluding steroid dienone is 2. The Morgan fingerprint density at radius 3 is 3.38 bits per heavy atom. The minimum Gasteiger partial charge on any atom is -0.313 e. The molecule has 1 saturated heterocycles. The molecule has 3 heteroatoms. The smallest absolute Gasteiger partial charge is 0.0746 e. The second-order valence-electron chi connectivity index (χ2n) is 3.95. The van der Waals surface area contributed by atoms with Crippen LogP contribution in [0.4, 0.5) is 0 Å². The Kier molecular flexibility index (Phi) is 1.79. The van der Waals surface area contributed by atoms with Gasteiger partial charge in [0.15, 0.2) is 0 Å². The van der Waals surface area contributed by atoms with Crippen molar-refractivity contribution >= 4 is 11.8 Å². The van der Waals surface area contributed by atoms with Crippen molar-refractivity contribution in [2.24, 2.45) is 5.92 Å². The van der Waals surface area contributed by atoms with Gasteiger partial charge in [-0.3, -0.25) is 0 Å². The first kappa shape index (κ1) is 8.09. The molecule has 0 aromatic carbocycles. The Balaban J connectivity index is 1.98. The van der Waals surface area contributed by atoms with Crippen LogP contribution in [0.5, 0.6) is 0 Å². The summed E-state index contributed by atoms with van der Waals surface area (Å²) in [5.41, 5.74) is 1.47. The lowest BCUT2D eigenvalue weighted by molar-refractivity contribution is -0.100. The summed E-state index contributed by atoms with van der Waals surface area (Å²) in [5.74, 6) is 1.34. The molecule has 0 bridgehead atoms. The quantitative estimate of drug-likeness (QED) is 0.642. The van der Waals surface area contributed by atoms with E-state index in [-0.39, 0.29) is 0 Å². The topological polar surface area (TPSA) is 23.5 Å². The first-order valence-electron chi connectivity index (χ1n) is 4.86. The van der Waals surface area contributed by atoms with Crippen molar-refractivity contribution in [3.05, 3.63) is 22.6 Å². The van der Waals surface area contributed by atoms with Crippen molar-refractivity contribution in [3.63, 3.8) is 0 Å². The molecule has 0 amide bonds. The van der Waals surface area contributed by atoms with E-state index < -0.39 is 0 Å². The SMILES string of the molecule is ON1CSC2=CC3=CCCCC3C21. The summed E-state index contributed by atoms with van der Waals surface area (Å²) in [6, 6.07) is 0.302. The summed E-state index contributed by atoms with van der Waals surface area (Å²) in [6.45, 7) is 0. The van der Waals surface area contributed by atoms with Gasteiger partial charge in [-0.2, -0.15) is 5.06 Å². The third-order valence-corrected chi connectivity index (χ3v) is 4.28. The summed E-state index contributed by atoms with van der Waals surface area (Å²) in [7, 11) is 0. The van der Waals surface area contributed by atoms with Crippen molar-refractivity contribution in [1.29, 1.82) is 0 Å². The molecule has 1 N–H and O–H groups in total. The van der Waals surface area contributed by atoms with Crippen molar-refractivity contribution in [2.45, 2.75) is 25.3 Å². The fourth-order valence-corrected chi connectivity index (χ4v) is 3.70. The van der Waals surface area contributed by atoms with Crippen LogP contribution in [-0.4, -0.2) is 22.2 Å². The predicted molar refractivity (Wildman–Crippen MR) is 53.4 cm³/mol. The van der Waals surface area contributed by atoms with Gasteiger partial charge in [-0.15, -0.1) is 11.8 Å². The third-order valence-electron chi connectivity index (χ3n) is 3.19. The van der Waals surface area contributed by atoms with Gasteiger partial charge in [0.2, 0.25) is 0 Å². The zero-order valence-corrected chi connectivity index (χ0v) is 8.26. The minimum atomic E-state index is 0.302.